The molecule has 0 bridgehead atoms. The van der Waals surface area contributed by atoms with Crippen LogP contribution >= 0.6 is 23.2 Å². The molecule has 0 amide bonds. The first-order valence-electron chi connectivity index (χ1n) is 7.10. The van der Waals surface area contributed by atoms with Gasteiger partial charge in [0.05, 0.1) is 9.95 Å². The lowest BCUT2D eigenvalue weighted by atomic mass is 10.1. The van der Waals surface area contributed by atoms with E-state index in [-0.39, 0.29) is 15.7 Å². The number of hydrogen-bond donors (Lipinski definition) is 1. The lowest BCUT2D eigenvalue weighted by molar-refractivity contribution is -0.383. The van der Waals surface area contributed by atoms with Crippen molar-refractivity contribution in [3.63, 3.8) is 0 Å². The average molecular weight is 330 g/mol. The first-order valence-corrected chi connectivity index (χ1v) is 7.86. The van der Waals surface area contributed by atoms with E-state index in [1.165, 1.54) is 12.8 Å². The maximum Gasteiger partial charge on any atom is 0.312 e. The van der Waals surface area contributed by atoms with Gasteiger partial charge in [0.2, 0.25) is 0 Å². The molecule has 1 fully saturated rings. The molecule has 0 unspecified atom stereocenters. The van der Waals surface area contributed by atoms with Gasteiger partial charge in [-0.2, -0.15) is 0 Å². The normalized spacial score (nSPS) is 22.3. The van der Waals surface area contributed by atoms with Crippen LogP contribution in [0.25, 0.3) is 0 Å². The number of benzene rings is 1. The molecule has 0 spiro atoms. The minimum Gasteiger partial charge on any atom is -0.378 e. The Balaban J connectivity index is 2.00. The summed E-state index contributed by atoms with van der Waals surface area (Å²) in [6.45, 7) is 4.50. The predicted octanol–water partition coefficient (Wildman–Crippen LogP) is 3.93. The first kappa shape index (κ1) is 14.9. The van der Waals surface area contributed by atoms with Crippen LogP contribution in [0.4, 0.5) is 11.4 Å². The smallest absolute Gasteiger partial charge is 0.312 e. The Kier molecular flexibility index (Phi) is 3.99. The van der Waals surface area contributed by atoms with E-state index in [2.05, 4.69) is 17.1 Å². The minimum absolute atomic E-state index is 0.0104. The number of hydrogen-bond acceptors (Lipinski definition) is 4. The van der Waals surface area contributed by atoms with Gasteiger partial charge in [-0.05, 0) is 37.3 Å². The summed E-state index contributed by atoms with van der Waals surface area (Å²) in [5, 5.41) is 14.8. The van der Waals surface area contributed by atoms with Crippen molar-refractivity contribution in [2.24, 2.45) is 5.92 Å². The van der Waals surface area contributed by atoms with Crippen molar-refractivity contribution in [3.05, 3.63) is 31.8 Å². The molecule has 1 saturated carbocycles. The molecule has 1 aliphatic carbocycles. The Hall–Kier alpha value is -1.04. The molecular formula is C14H17Cl2N3O2. The van der Waals surface area contributed by atoms with Crippen molar-refractivity contribution < 1.29 is 4.92 Å². The van der Waals surface area contributed by atoms with E-state index < -0.39 is 4.92 Å². The summed E-state index contributed by atoms with van der Waals surface area (Å²) in [5.41, 5.74) is 1.25. The second-order valence-corrected chi connectivity index (χ2v) is 6.70. The Morgan fingerprint density at radius 2 is 2.19 bits per heavy atom. The first-order chi connectivity index (χ1) is 9.97. The molecule has 1 aromatic rings. The Morgan fingerprint density at radius 3 is 2.81 bits per heavy atom. The highest BCUT2D eigenvalue weighted by molar-refractivity contribution is 6.43. The summed E-state index contributed by atoms with van der Waals surface area (Å²) in [6.07, 6.45) is 2.57. The molecule has 7 heteroatoms. The van der Waals surface area contributed by atoms with Crippen LogP contribution in [0.2, 0.25) is 10.0 Å². The second-order valence-electron chi connectivity index (χ2n) is 5.91. The maximum absolute atomic E-state index is 11.3. The fourth-order valence-corrected chi connectivity index (χ4v) is 3.23. The fraction of sp³-hybridized carbons (Fsp3) is 0.571. The standard InChI is InChI=1S/C14H17Cl2N3O2/c1-8-5-17-13-10(7-18(8)6-9-2-3-9)4-11(15)12(16)14(13)19(20)21/h4,8-9,17H,2-3,5-7H2,1H3/t8-/m0/s1. The van der Waals surface area contributed by atoms with E-state index >= 15 is 0 Å². The summed E-state index contributed by atoms with van der Waals surface area (Å²) < 4.78 is 0. The van der Waals surface area contributed by atoms with Gasteiger partial charge >= 0.3 is 5.69 Å². The van der Waals surface area contributed by atoms with Crippen molar-refractivity contribution >= 4 is 34.6 Å². The lowest BCUT2D eigenvalue weighted by Gasteiger charge is -2.26. The molecule has 114 valence electrons. The Bertz CT molecular complexity index is 590. The highest BCUT2D eigenvalue weighted by Crippen LogP contribution is 2.42. The van der Waals surface area contributed by atoms with Crippen LogP contribution < -0.4 is 5.32 Å². The number of anilines is 1. The third kappa shape index (κ3) is 2.96. The number of nitro benzene ring substituents is 1. The van der Waals surface area contributed by atoms with E-state index in [1.54, 1.807) is 6.07 Å². The van der Waals surface area contributed by atoms with Gasteiger partial charge in [0, 0.05) is 25.7 Å². The Labute approximate surface area is 133 Å². The summed E-state index contributed by atoms with van der Waals surface area (Å²) in [4.78, 5) is 13.2. The van der Waals surface area contributed by atoms with E-state index in [0.717, 1.165) is 18.0 Å². The lowest BCUT2D eigenvalue weighted by Crippen LogP contribution is -2.36. The highest BCUT2D eigenvalue weighted by atomic mass is 35.5. The third-order valence-corrected chi connectivity index (χ3v) is 5.00. The zero-order valence-corrected chi connectivity index (χ0v) is 13.2. The van der Waals surface area contributed by atoms with Crippen LogP contribution in [-0.4, -0.2) is 29.0 Å². The van der Waals surface area contributed by atoms with Crippen LogP contribution in [0.5, 0.6) is 0 Å². The Morgan fingerprint density at radius 1 is 1.48 bits per heavy atom. The van der Waals surface area contributed by atoms with Crippen LogP contribution in [0.3, 0.4) is 0 Å². The van der Waals surface area contributed by atoms with Crippen molar-refractivity contribution in [2.75, 3.05) is 18.4 Å². The van der Waals surface area contributed by atoms with Gasteiger partial charge in [0.25, 0.3) is 0 Å². The van der Waals surface area contributed by atoms with Crippen molar-refractivity contribution in [3.8, 4) is 0 Å². The molecule has 0 radical (unpaired) electrons. The molecule has 1 aromatic carbocycles. The topological polar surface area (TPSA) is 58.4 Å². The van der Waals surface area contributed by atoms with Crippen LogP contribution in [-0.2, 0) is 6.54 Å². The van der Waals surface area contributed by atoms with Crippen molar-refractivity contribution in [1.29, 1.82) is 0 Å². The molecule has 21 heavy (non-hydrogen) atoms. The number of fused-ring (bicyclic) bond motifs is 1. The quantitative estimate of drug-likeness (QED) is 0.674. The van der Waals surface area contributed by atoms with E-state index in [1.807, 2.05) is 0 Å². The van der Waals surface area contributed by atoms with Gasteiger partial charge in [-0.1, -0.05) is 23.2 Å². The van der Waals surface area contributed by atoms with Gasteiger partial charge < -0.3 is 5.32 Å². The predicted molar refractivity (Wildman–Crippen MR) is 84.2 cm³/mol. The molecule has 1 aliphatic heterocycles. The van der Waals surface area contributed by atoms with Crippen LogP contribution in [0, 0.1) is 16.0 Å². The van der Waals surface area contributed by atoms with E-state index in [0.29, 0.717) is 24.8 Å². The minimum atomic E-state index is -0.457. The summed E-state index contributed by atoms with van der Waals surface area (Å²) in [7, 11) is 0. The number of nitro groups is 1. The fourth-order valence-electron chi connectivity index (χ4n) is 2.79. The van der Waals surface area contributed by atoms with Gasteiger partial charge in [-0.15, -0.1) is 0 Å². The second kappa shape index (κ2) is 5.63. The number of nitrogens with one attached hydrogen (secondary N) is 1. The van der Waals surface area contributed by atoms with E-state index in [4.69, 9.17) is 23.2 Å². The summed E-state index contributed by atoms with van der Waals surface area (Å²) >= 11 is 12.1. The molecular weight excluding hydrogens is 313 g/mol. The number of nitrogens with zero attached hydrogens (tertiary/aromatic N) is 2. The molecule has 1 heterocycles. The zero-order chi connectivity index (χ0) is 15.1. The molecule has 5 nitrogen and oxygen atoms in total. The molecule has 0 saturated heterocycles. The zero-order valence-electron chi connectivity index (χ0n) is 11.7. The summed E-state index contributed by atoms with van der Waals surface area (Å²) in [5.74, 6) is 0.770. The van der Waals surface area contributed by atoms with Gasteiger partial charge in [0.15, 0.2) is 0 Å². The third-order valence-electron chi connectivity index (χ3n) is 4.22. The van der Waals surface area contributed by atoms with Crippen LogP contribution in [0.15, 0.2) is 6.07 Å². The molecule has 1 atom stereocenters. The molecule has 1 N–H and O–H groups in total. The monoisotopic (exact) mass is 329 g/mol. The average Bonchev–Trinajstić information content (AvgIpc) is 3.23. The largest absolute Gasteiger partial charge is 0.378 e. The van der Waals surface area contributed by atoms with Crippen molar-refractivity contribution in [1.82, 2.24) is 4.90 Å². The maximum atomic E-state index is 11.3. The molecule has 3 rings (SSSR count). The van der Waals surface area contributed by atoms with E-state index in [9.17, 15) is 10.1 Å². The van der Waals surface area contributed by atoms with Crippen LogP contribution in [0.1, 0.15) is 25.3 Å². The summed E-state index contributed by atoms with van der Waals surface area (Å²) in [6, 6.07) is 2.06. The number of halogens is 2. The van der Waals surface area contributed by atoms with Gasteiger partial charge in [0.1, 0.15) is 10.7 Å². The molecule has 2 aliphatic rings. The van der Waals surface area contributed by atoms with Crippen molar-refractivity contribution in [2.45, 2.75) is 32.4 Å². The molecule has 0 aromatic heterocycles. The van der Waals surface area contributed by atoms with Gasteiger partial charge in [-0.3, -0.25) is 15.0 Å². The number of rotatable bonds is 3. The SMILES string of the molecule is C[C@H]1CNc2c(cc(Cl)c(Cl)c2[N+](=O)[O-])CN1CC1CC1. The van der Waals surface area contributed by atoms with Gasteiger partial charge in [-0.25, -0.2) is 0 Å². The highest BCUT2D eigenvalue weighted by Gasteiger charge is 2.32.